The molecule has 1 atom stereocenters. The first-order chi connectivity index (χ1) is 7.68. The van der Waals surface area contributed by atoms with Crippen molar-refractivity contribution in [3.63, 3.8) is 0 Å². The number of hydrogen-bond donors (Lipinski definition) is 3. The van der Waals surface area contributed by atoms with E-state index < -0.39 is 0 Å². The van der Waals surface area contributed by atoms with Crippen molar-refractivity contribution in [3.8, 4) is 11.5 Å². The van der Waals surface area contributed by atoms with Crippen molar-refractivity contribution in [2.75, 3.05) is 13.1 Å². The zero-order valence-corrected chi connectivity index (χ0v) is 10.6. The van der Waals surface area contributed by atoms with Gasteiger partial charge in [0, 0.05) is 10.0 Å². The molecule has 3 nitrogen and oxygen atoms in total. The van der Waals surface area contributed by atoms with Crippen molar-refractivity contribution >= 4 is 15.9 Å². The van der Waals surface area contributed by atoms with Crippen molar-refractivity contribution in [1.82, 2.24) is 5.32 Å². The quantitative estimate of drug-likeness (QED) is 0.732. The Hall–Kier alpha value is -0.740. The summed E-state index contributed by atoms with van der Waals surface area (Å²) >= 11 is 3.42. The lowest BCUT2D eigenvalue weighted by atomic mass is 9.92. The highest BCUT2D eigenvalue weighted by atomic mass is 79.9. The molecule has 1 saturated heterocycles. The lowest BCUT2D eigenvalue weighted by Gasteiger charge is -2.23. The second-order valence-corrected chi connectivity index (χ2v) is 5.16. The molecule has 0 aromatic heterocycles. The topological polar surface area (TPSA) is 52.5 Å². The fraction of sp³-hybridized carbons (Fsp3) is 0.500. The summed E-state index contributed by atoms with van der Waals surface area (Å²) in [5, 5.41) is 22.6. The first-order valence-corrected chi connectivity index (χ1v) is 6.38. The molecule has 1 fully saturated rings. The molecular weight excluding hydrogens is 270 g/mol. The molecule has 88 valence electrons. The highest BCUT2D eigenvalue weighted by Crippen LogP contribution is 2.36. The van der Waals surface area contributed by atoms with Crippen LogP contribution >= 0.6 is 15.9 Å². The number of benzene rings is 1. The van der Waals surface area contributed by atoms with Gasteiger partial charge in [-0.15, -0.1) is 0 Å². The Morgan fingerprint density at radius 2 is 2.19 bits per heavy atom. The van der Waals surface area contributed by atoms with Gasteiger partial charge in [-0.05, 0) is 50.4 Å². The number of nitrogens with one attached hydrogen (secondary N) is 1. The molecule has 3 N–H and O–H groups in total. The Morgan fingerprint density at radius 1 is 1.38 bits per heavy atom. The number of piperidine rings is 1. The van der Waals surface area contributed by atoms with Gasteiger partial charge in [0.05, 0.1) is 0 Å². The molecule has 0 saturated carbocycles. The summed E-state index contributed by atoms with van der Waals surface area (Å²) in [6.07, 6.45) is 3.16. The predicted molar refractivity (Wildman–Crippen MR) is 66.8 cm³/mol. The number of phenolic OH excluding ortho intramolecular Hbond substituents is 2. The molecule has 0 bridgehead atoms. The number of aromatic hydroxyl groups is 2. The lowest BCUT2D eigenvalue weighted by Crippen LogP contribution is -2.30. The van der Waals surface area contributed by atoms with Gasteiger partial charge < -0.3 is 15.5 Å². The molecule has 1 aliphatic rings. The van der Waals surface area contributed by atoms with Crippen molar-refractivity contribution < 1.29 is 10.2 Å². The fourth-order valence-electron chi connectivity index (χ4n) is 2.18. The van der Waals surface area contributed by atoms with Gasteiger partial charge in [-0.1, -0.05) is 15.9 Å². The van der Waals surface area contributed by atoms with E-state index in [1.807, 2.05) is 0 Å². The molecule has 1 aliphatic heterocycles. The van der Waals surface area contributed by atoms with Crippen molar-refractivity contribution in [2.24, 2.45) is 5.92 Å². The van der Waals surface area contributed by atoms with E-state index in [-0.39, 0.29) is 11.5 Å². The first-order valence-electron chi connectivity index (χ1n) is 5.58. The summed E-state index contributed by atoms with van der Waals surface area (Å²) < 4.78 is 0.869. The highest BCUT2D eigenvalue weighted by molar-refractivity contribution is 9.10. The van der Waals surface area contributed by atoms with Gasteiger partial charge in [-0.25, -0.2) is 0 Å². The van der Waals surface area contributed by atoms with Crippen LogP contribution in [0.3, 0.4) is 0 Å². The molecule has 0 radical (unpaired) electrons. The zero-order valence-electron chi connectivity index (χ0n) is 9.04. The second-order valence-electron chi connectivity index (χ2n) is 4.31. The van der Waals surface area contributed by atoms with Gasteiger partial charge in [-0.2, -0.15) is 0 Å². The Morgan fingerprint density at radius 3 is 2.88 bits per heavy atom. The van der Waals surface area contributed by atoms with Crippen molar-refractivity contribution in [1.29, 1.82) is 0 Å². The van der Waals surface area contributed by atoms with Crippen LogP contribution in [0, 0.1) is 5.92 Å². The molecule has 2 rings (SSSR count). The molecule has 1 unspecified atom stereocenters. The molecule has 1 heterocycles. The van der Waals surface area contributed by atoms with Crippen LogP contribution in [0.25, 0.3) is 0 Å². The molecule has 1 aromatic rings. The van der Waals surface area contributed by atoms with E-state index in [1.54, 1.807) is 6.07 Å². The largest absolute Gasteiger partial charge is 0.504 e. The normalized spacial score (nSPS) is 20.9. The van der Waals surface area contributed by atoms with Gasteiger partial charge in [-0.3, -0.25) is 0 Å². The molecule has 4 heteroatoms. The summed E-state index contributed by atoms with van der Waals surface area (Å²) in [5.74, 6) is 0.514. The van der Waals surface area contributed by atoms with Crippen LogP contribution in [0.4, 0.5) is 0 Å². The maximum Gasteiger partial charge on any atom is 0.161 e. The third-order valence-corrected chi connectivity index (χ3v) is 3.84. The second kappa shape index (κ2) is 5.06. The summed E-state index contributed by atoms with van der Waals surface area (Å²) in [7, 11) is 0. The number of rotatable bonds is 2. The van der Waals surface area contributed by atoms with Crippen LogP contribution in [0.15, 0.2) is 16.6 Å². The fourth-order valence-corrected chi connectivity index (χ4v) is 2.66. The molecule has 16 heavy (non-hydrogen) atoms. The lowest BCUT2D eigenvalue weighted by molar-refractivity contribution is 0.361. The third-order valence-electron chi connectivity index (χ3n) is 3.10. The van der Waals surface area contributed by atoms with Crippen LogP contribution in [0.2, 0.25) is 0 Å². The summed E-state index contributed by atoms with van der Waals surface area (Å²) in [4.78, 5) is 0. The molecule has 0 spiro atoms. The third kappa shape index (κ3) is 2.50. The SMILES string of the molecule is Oc1ccc(Br)c(CC2CCCNC2)c1O. The minimum absolute atomic E-state index is 0.0138. The molecule has 0 amide bonds. The summed E-state index contributed by atoms with van der Waals surface area (Å²) in [6.45, 7) is 2.07. The summed E-state index contributed by atoms with van der Waals surface area (Å²) in [6, 6.07) is 3.28. The Balaban J connectivity index is 2.16. The van der Waals surface area contributed by atoms with E-state index >= 15 is 0 Å². The Kier molecular flexibility index (Phi) is 3.71. The maximum atomic E-state index is 9.81. The standard InChI is InChI=1S/C12H16BrNO2/c13-10-3-4-11(15)12(16)9(10)6-8-2-1-5-14-7-8/h3-4,8,14-16H,1-2,5-7H2. The van der Waals surface area contributed by atoms with Crippen LogP contribution < -0.4 is 5.32 Å². The zero-order chi connectivity index (χ0) is 11.5. The van der Waals surface area contributed by atoms with Crippen LogP contribution in [-0.2, 0) is 6.42 Å². The highest BCUT2D eigenvalue weighted by Gasteiger charge is 2.18. The maximum absolute atomic E-state index is 9.81. The van der Waals surface area contributed by atoms with Crippen LogP contribution in [-0.4, -0.2) is 23.3 Å². The smallest absolute Gasteiger partial charge is 0.161 e. The van der Waals surface area contributed by atoms with Gasteiger partial charge in [0.2, 0.25) is 0 Å². The van der Waals surface area contributed by atoms with Gasteiger partial charge in [0.1, 0.15) is 0 Å². The van der Waals surface area contributed by atoms with E-state index in [0.717, 1.165) is 29.5 Å². The Bertz CT molecular complexity index is 376. The van der Waals surface area contributed by atoms with Crippen LogP contribution in [0.1, 0.15) is 18.4 Å². The molecule has 0 aliphatic carbocycles. The number of phenols is 2. The van der Waals surface area contributed by atoms with E-state index in [0.29, 0.717) is 5.92 Å². The minimum atomic E-state index is -0.0398. The van der Waals surface area contributed by atoms with Gasteiger partial charge in [0.15, 0.2) is 11.5 Å². The van der Waals surface area contributed by atoms with E-state index in [1.165, 1.54) is 18.9 Å². The first kappa shape index (κ1) is 11.7. The minimum Gasteiger partial charge on any atom is -0.504 e. The van der Waals surface area contributed by atoms with E-state index in [2.05, 4.69) is 21.2 Å². The Labute approximate surface area is 104 Å². The number of halogens is 1. The molecule has 1 aromatic carbocycles. The van der Waals surface area contributed by atoms with E-state index in [4.69, 9.17) is 0 Å². The van der Waals surface area contributed by atoms with Gasteiger partial charge in [0.25, 0.3) is 0 Å². The predicted octanol–water partition coefficient (Wildman–Crippen LogP) is 2.40. The average Bonchev–Trinajstić information content (AvgIpc) is 2.31. The molecular formula is C12H16BrNO2. The number of hydrogen-bond acceptors (Lipinski definition) is 3. The van der Waals surface area contributed by atoms with Crippen molar-refractivity contribution in [2.45, 2.75) is 19.3 Å². The monoisotopic (exact) mass is 285 g/mol. The van der Waals surface area contributed by atoms with E-state index in [9.17, 15) is 10.2 Å². The van der Waals surface area contributed by atoms with Crippen molar-refractivity contribution in [3.05, 3.63) is 22.2 Å². The van der Waals surface area contributed by atoms with Gasteiger partial charge >= 0.3 is 0 Å². The van der Waals surface area contributed by atoms with Crippen LogP contribution in [0.5, 0.6) is 11.5 Å². The summed E-state index contributed by atoms with van der Waals surface area (Å²) in [5.41, 5.74) is 0.814. The average molecular weight is 286 g/mol.